The molecule has 3 aromatic carbocycles. The molecule has 0 saturated heterocycles. The molecule has 0 saturated carbocycles. The smallest absolute Gasteiger partial charge is 0.409 e. The number of benzene rings is 3. The second-order valence-electron chi connectivity index (χ2n) is 12.3. The topological polar surface area (TPSA) is 159 Å². The number of aryl methyl sites for hydroxylation is 1. The summed E-state index contributed by atoms with van der Waals surface area (Å²) in [7, 11) is 0. The molecule has 1 atom stereocenters. The summed E-state index contributed by atoms with van der Waals surface area (Å²) in [6, 6.07) is 17.6. The minimum absolute atomic E-state index is 0. The van der Waals surface area contributed by atoms with E-state index in [1.807, 2.05) is 43.3 Å². The first-order chi connectivity index (χ1) is 24.1. The number of aromatic nitrogens is 1. The number of aromatic amines is 1. The van der Waals surface area contributed by atoms with Crippen molar-refractivity contribution in [2.24, 2.45) is 5.73 Å². The third kappa shape index (κ3) is 8.68. The molecular formula is C38H42Cl3FN6O5. The van der Waals surface area contributed by atoms with Crippen LogP contribution in [0.4, 0.5) is 14.9 Å². The number of anilines is 1. The number of rotatable bonds is 11. The molecule has 0 spiro atoms. The first-order valence-corrected chi connectivity index (χ1v) is 16.5. The van der Waals surface area contributed by atoms with Crippen molar-refractivity contribution in [2.75, 3.05) is 44.6 Å². The van der Waals surface area contributed by atoms with Crippen LogP contribution in [-0.2, 0) is 9.53 Å². The number of ether oxygens (including phenoxy) is 1. The van der Waals surface area contributed by atoms with Crippen molar-refractivity contribution in [1.82, 2.24) is 20.5 Å². The summed E-state index contributed by atoms with van der Waals surface area (Å²) in [5.41, 5.74) is 13.5. The van der Waals surface area contributed by atoms with E-state index in [-0.39, 0.29) is 80.6 Å². The van der Waals surface area contributed by atoms with Crippen molar-refractivity contribution < 1.29 is 28.3 Å². The van der Waals surface area contributed by atoms with Crippen molar-refractivity contribution >= 4 is 78.4 Å². The number of halogens is 4. The Morgan fingerprint density at radius 1 is 0.925 bits per heavy atom. The minimum atomic E-state index is -0.515. The van der Waals surface area contributed by atoms with Gasteiger partial charge in [0.2, 0.25) is 0 Å². The van der Waals surface area contributed by atoms with Gasteiger partial charge in [-0.2, -0.15) is 0 Å². The highest BCUT2D eigenvalue weighted by atomic mass is 35.5. The first kappa shape index (κ1) is 42.5. The number of hydrogen-bond donors (Lipinski definition) is 5. The Bertz CT molecular complexity index is 2050. The van der Waals surface area contributed by atoms with Gasteiger partial charge in [0.1, 0.15) is 12.4 Å². The van der Waals surface area contributed by atoms with E-state index < -0.39 is 11.9 Å². The van der Waals surface area contributed by atoms with Crippen molar-refractivity contribution in [3.63, 3.8) is 0 Å². The van der Waals surface area contributed by atoms with Gasteiger partial charge in [-0.1, -0.05) is 30.3 Å². The van der Waals surface area contributed by atoms with Crippen molar-refractivity contribution in [3.8, 4) is 11.1 Å². The number of carbonyl (C=O) groups excluding carboxylic acids is 4. The molecule has 0 fully saturated rings. The predicted molar refractivity (Wildman–Crippen MR) is 211 cm³/mol. The molecule has 0 bridgehead atoms. The van der Waals surface area contributed by atoms with E-state index in [1.165, 1.54) is 23.1 Å². The van der Waals surface area contributed by atoms with Crippen molar-refractivity contribution in [2.45, 2.75) is 26.7 Å². The molecule has 6 N–H and O–H groups in total. The van der Waals surface area contributed by atoms with Crippen LogP contribution in [0.5, 0.6) is 0 Å². The number of fused-ring (bicyclic) bond motifs is 4. The van der Waals surface area contributed by atoms with Gasteiger partial charge < -0.3 is 36.3 Å². The number of nitrogens with zero attached hydrogens (tertiary/aromatic N) is 1. The quantitative estimate of drug-likeness (QED) is 0.114. The van der Waals surface area contributed by atoms with Crippen LogP contribution < -0.4 is 21.7 Å². The van der Waals surface area contributed by atoms with Crippen LogP contribution in [0.25, 0.3) is 22.8 Å². The van der Waals surface area contributed by atoms with Crippen LogP contribution in [0.3, 0.4) is 0 Å². The SMILES string of the molecule is CCN(CCNC(=O)c1c(C)[nH]c(C=C2C(=O)Nc3ccc(F)cc32)c1C)C(=O)OCC1c2ccccc2-c2ccc(C(=O)NCCN)cc21.Cl.Cl.Cl. The molecule has 11 nitrogen and oxygen atoms in total. The largest absolute Gasteiger partial charge is 0.448 e. The zero-order valence-electron chi connectivity index (χ0n) is 29.3. The highest BCUT2D eigenvalue weighted by molar-refractivity contribution is 6.35. The second-order valence-corrected chi connectivity index (χ2v) is 12.3. The fraction of sp³-hybridized carbons (Fsp3) is 0.263. The van der Waals surface area contributed by atoms with Crippen molar-refractivity contribution in [3.05, 3.63) is 111 Å². The normalized spacial score (nSPS) is 14.0. The summed E-state index contributed by atoms with van der Waals surface area (Å²) in [5.74, 6) is -1.61. The average molecular weight is 788 g/mol. The molecule has 282 valence electrons. The van der Waals surface area contributed by atoms with Gasteiger partial charge in [-0.25, -0.2) is 9.18 Å². The number of likely N-dealkylation sites (N-methyl/N-ethyl adjacent to an activating group) is 1. The molecule has 1 aliphatic carbocycles. The molecule has 15 heteroatoms. The molecule has 1 unspecified atom stereocenters. The van der Waals surface area contributed by atoms with E-state index in [0.717, 1.165) is 22.3 Å². The Hall–Kier alpha value is -4.88. The molecule has 4 amide bonds. The lowest BCUT2D eigenvalue weighted by Crippen LogP contribution is -2.39. The first-order valence-electron chi connectivity index (χ1n) is 16.5. The van der Waals surface area contributed by atoms with Crippen molar-refractivity contribution in [1.29, 1.82) is 0 Å². The lowest BCUT2D eigenvalue weighted by Gasteiger charge is -2.22. The van der Waals surface area contributed by atoms with Crippen LogP contribution in [-0.4, -0.2) is 73.0 Å². The van der Waals surface area contributed by atoms with E-state index in [4.69, 9.17) is 10.5 Å². The highest BCUT2D eigenvalue weighted by Gasteiger charge is 2.31. The lowest BCUT2D eigenvalue weighted by atomic mass is 9.96. The van der Waals surface area contributed by atoms with Crippen LogP contribution in [0.15, 0.2) is 60.7 Å². The van der Waals surface area contributed by atoms with Gasteiger partial charge >= 0.3 is 6.09 Å². The Kier molecular flexibility index (Phi) is 14.6. The van der Waals surface area contributed by atoms with Gasteiger partial charge in [0.15, 0.2) is 0 Å². The molecule has 4 aromatic rings. The van der Waals surface area contributed by atoms with Crippen LogP contribution in [0.2, 0.25) is 0 Å². The maximum Gasteiger partial charge on any atom is 0.409 e. The van der Waals surface area contributed by atoms with Crippen LogP contribution in [0, 0.1) is 19.7 Å². The van der Waals surface area contributed by atoms with Gasteiger partial charge in [0, 0.05) is 66.8 Å². The van der Waals surface area contributed by atoms with E-state index >= 15 is 0 Å². The summed E-state index contributed by atoms with van der Waals surface area (Å²) in [4.78, 5) is 56.5. The van der Waals surface area contributed by atoms with E-state index in [0.29, 0.717) is 64.5 Å². The monoisotopic (exact) mass is 786 g/mol. The zero-order valence-corrected chi connectivity index (χ0v) is 31.8. The van der Waals surface area contributed by atoms with Gasteiger partial charge in [0.25, 0.3) is 17.7 Å². The Morgan fingerprint density at radius 3 is 2.38 bits per heavy atom. The second kappa shape index (κ2) is 18.2. The minimum Gasteiger partial charge on any atom is -0.448 e. The van der Waals surface area contributed by atoms with E-state index in [1.54, 1.807) is 26.0 Å². The number of carbonyl (C=O) groups is 4. The predicted octanol–water partition coefficient (Wildman–Crippen LogP) is 6.22. The zero-order chi connectivity index (χ0) is 35.5. The Balaban J connectivity index is 0.00000252. The molecule has 53 heavy (non-hydrogen) atoms. The number of H-pyrrole nitrogens is 1. The lowest BCUT2D eigenvalue weighted by molar-refractivity contribution is -0.110. The van der Waals surface area contributed by atoms with Crippen LogP contribution in [0.1, 0.15) is 67.2 Å². The summed E-state index contributed by atoms with van der Waals surface area (Å²) in [6.07, 6.45) is 1.10. The third-order valence-electron chi connectivity index (χ3n) is 9.18. The maximum absolute atomic E-state index is 13.9. The molecule has 2 aliphatic rings. The standard InChI is InChI=1S/C38H39FN6O5.3ClH/c1-4-45(38(49)50-20-31-26-8-6-5-7-25(26)27-11-9-23(17-28(27)31)35(46)41-14-13-40)16-15-42-37(48)34-21(2)33(43-22(34)3)19-30-29-18-24(39)10-12-32(29)44-36(30)47;;;/h5-12,17-19,31,43H,4,13-16,20,40H2,1-3H3,(H,41,46)(H,42,48)(H,44,47);3*1H. The van der Waals surface area contributed by atoms with Gasteiger partial charge in [-0.15, -0.1) is 37.2 Å². The van der Waals surface area contributed by atoms with E-state index in [9.17, 15) is 23.6 Å². The van der Waals surface area contributed by atoms with Gasteiger partial charge in [0.05, 0.1) is 11.1 Å². The molecule has 1 aliphatic heterocycles. The molecule has 2 heterocycles. The number of nitrogens with two attached hydrogens (primary N) is 1. The molecule has 0 radical (unpaired) electrons. The summed E-state index contributed by atoms with van der Waals surface area (Å²) >= 11 is 0. The van der Waals surface area contributed by atoms with Crippen LogP contribution >= 0.6 is 37.2 Å². The molecular weight excluding hydrogens is 746 g/mol. The summed E-state index contributed by atoms with van der Waals surface area (Å²) < 4.78 is 19.8. The third-order valence-corrected chi connectivity index (χ3v) is 9.18. The highest BCUT2D eigenvalue weighted by Crippen LogP contribution is 2.45. The summed E-state index contributed by atoms with van der Waals surface area (Å²) in [6.45, 7) is 6.90. The fourth-order valence-corrected chi connectivity index (χ4v) is 6.64. The van der Waals surface area contributed by atoms with Gasteiger partial charge in [-0.05, 0) is 85.0 Å². The number of nitrogens with one attached hydrogen (secondary N) is 4. The fourth-order valence-electron chi connectivity index (χ4n) is 6.64. The van der Waals surface area contributed by atoms with Gasteiger partial charge in [-0.3, -0.25) is 14.4 Å². The Morgan fingerprint density at radius 2 is 1.64 bits per heavy atom. The molecule has 6 rings (SSSR count). The average Bonchev–Trinajstić information content (AvgIpc) is 3.70. The Labute approximate surface area is 325 Å². The molecule has 1 aromatic heterocycles. The van der Waals surface area contributed by atoms with E-state index in [2.05, 4.69) is 20.9 Å². The maximum atomic E-state index is 13.9. The summed E-state index contributed by atoms with van der Waals surface area (Å²) in [5, 5.41) is 8.42. The number of amides is 4. The number of hydrogen-bond acceptors (Lipinski definition) is 6.